The molecule has 98 valence electrons. The molecule has 0 unspecified atom stereocenters. The molecule has 1 aromatic heterocycles. The van der Waals surface area contributed by atoms with E-state index in [9.17, 15) is 4.79 Å². The smallest absolute Gasteiger partial charge is 0.219 e. The number of aromatic nitrogens is 1. The van der Waals surface area contributed by atoms with E-state index in [0.717, 1.165) is 31.4 Å². The Hall–Kier alpha value is -1.58. The third-order valence-corrected chi connectivity index (χ3v) is 3.35. The van der Waals surface area contributed by atoms with Gasteiger partial charge in [-0.1, -0.05) is 6.07 Å². The van der Waals surface area contributed by atoms with Gasteiger partial charge in [0.05, 0.1) is 12.6 Å². The molecule has 4 heteroatoms. The summed E-state index contributed by atoms with van der Waals surface area (Å²) < 4.78 is 5.57. The maximum atomic E-state index is 11.7. The van der Waals surface area contributed by atoms with Crippen LogP contribution < -0.4 is 4.74 Å². The van der Waals surface area contributed by atoms with Crippen LogP contribution in [0, 0.1) is 0 Å². The monoisotopic (exact) mass is 248 g/mol. The fraction of sp³-hybridized carbons (Fsp3) is 0.571. The summed E-state index contributed by atoms with van der Waals surface area (Å²) in [5.41, 5.74) is 1.04. The SMILES string of the molecule is CCOc1ncccc1[C@H]1CCCCN1C(C)=O. The fourth-order valence-electron chi connectivity index (χ4n) is 2.55. The summed E-state index contributed by atoms with van der Waals surface area (Å²) in [4.78, 5) is 17.9. The Morgan fingerprint density at radius 2 is 2.39 bits per heavy atom. The molecule has 0 radical (unpaired) electrons. The van der Waals surface area contributed by atoms with Gasteiger partial charge >= 0.3 is 0 Å². The number of amides is 1. The summed E-state index contributed by atoms with van der Waals surface area (Å²) >= 11 is 0. The molecule has 1 aromatic rings. The zero-order valence-corrected chi connectivity index (χ0v) is 11.1. The lowest BCUT2D eigenvalue weighted by molar-refractivity contribution is -0.132. The fourth-order valence-corrected chi connectivity index (χ4v) is 2.55. The first-order valence-corrected chi connectivity index (χ1v) is 6.59. The maximum absolute atomic E-state index is 11.7. The van der Waals surface area contributed by atoms with Gasteiger partial charge < -0.3 is 9.64 Å². The molecule has 0 saturated carbocycles. The minimum Gasteiger partial charge on any atom is -0.478 e. The number of nitrogens with zero attached hydrogens (tertiary/aromatic N) is 2. The molecule has 2 rings (SSSR count). The van der Waals surface area contributed by atoms with Gasteiger partial charge in [-0.3, -0.25) is 4.79 Å². The molecule has 0 aromatic carbocycles. The van der Waals surface area contributed by atoms with Crippen molar-refractivity contribution in [2.24, 2.45) is 0 Å². The summed E-state index contributed by atoms with van der Waals surface area (Å²) in [6.07, 6.45) is 4.95. The van der Waals surface area contributed by atoms with Gasteiger partial charge in [0.15, 0.2) is 0 Å². The standard InChI is InChI=1S/C14H20N2O2/c1-3-18-14-12(7-6-9-15-14)13-8-4-5-10-16(13)11(2)17/h6-7,9,13H,3-5,8,10H2,1-2H3/t13-/m1/s1. The Balaban J connectivity index is 2.30. The molecular formula is C14H20N2O2. The van der Waals surface area contributed by atoms with Gasteiger partial charge in [-0.05, 0) is 32.3 Å². The largest absolute Gasteiger partial charge is 0.478 e. The van der Waals surface area contributed by atoms with Crippen molar-refractivity contribution < 1.29 is 9.53 Å². The van der Waals surface area contributed by atoms with Crippen LogP contribution in [0.1, 0.15) is 44.7 Å². The van der Waals surface area contributed by atoms with Crippen LogP contribution >= 0.6 is 0 Å². The number of hydrogen-bond donors (Lipinski definition) is 0. The number of hydrogen-bond acceptors (Lipinski definition) is 3. The van der Waals surface area contributed by atoms with Crippen molar-refractivity contribution in [3.05, 3.63) is 23.9 Å². The third-order valence-electron chi connectivity index (χ3n) is 3.35. The number of ether oxygens (including phenoxy) is 1. The average Bonchev–Trinajstić information content (AvgIpc) is 2.40. The van der Waals surface area contributed by atoms with E-state index >= 15 is 0 Å². The van der Waals surface area contributed by atoms with Crippen molar-refractivity contribution in [1.29, 1.82) is 0 Å². The van der Waals surface area contributed by atoms with Crippen molar-refractivity contribution in [1.82, 2.24) is 9.88 Å². The molecule has 2 heterocycles. The van der Waals surface area contributed by atoms with Crippen molar-refractivity contribution >= 4 is 5.91 Å². The Labute approximate surface area is 108 Å². The maximum Gasteiger partial charge on any atom is 0.219 e. The molecular weight excluding hydrogens is 228 g/mol. The number of likely N-dealkylation sites (tertiary alicyclic amines) is 1. The van der Waals surface area contributed by atoms with Crippen molar-refractivity contribution in [2.45, 2.75) is 39.2 Å². The first-order valence-electron chi connectivity index (χ1n) is 6.59. The van der Waals surface area contributed by atoms with Gasteiger partial charge in [-0.25, -0.2) is 4.98 Å². The lowest BCUT2D eigenvalue weighted by Gasteiger charge is -2.35. The lowest BCUT2D eigenvalue weighted by atomic mass is 9.96. The van der Waals surface area contributed by atoms with Gasteiger partial charge in [-0.2, -0.15) is 0 Å². The van der Waals surface area contributed by atoms with Crippen LogP contribution in [0.2, 0.25) is 0 Å². The second kappa shape index (κ2) is 5.85. The average molecular weight is 248 g/mol. The van der Waals surface area contributed by atoms with Crippen LogP contribution in [-0.2, 0) is 4.79 Å². The van der Waals surface area contributed by atoms with Gasteiger partial charge in [0, 0.05) is 25.2 Å². The van der Waals surface area contributed by atoms with Gasteiger partial charge in [-0.15, -0.1) is 0 Å². The Morgan fingerprint density at radius 1 is 1.56 bits per heavy atom. The Bertz CT molecular complexity index is 420. The zero-order valence-electron chi connectivity index (χ0n) is 11.1. The number of piperidine rings is 1. The highest BCUT2D eigenvalue weighted by Crippen LogP contribution is 2.34. The van der Waals surface area contributed by atoms with Crippen LogP contribution in [-0.4, -0.2) is 28.9 Å². The van der Waals surface area contributed by atoms with Gasteiger partial charge in [0.25, 0.3) is 0 Å². The highest BCUT2D eigenvalue weighted by Gasteiger charge is 2.28. The first kappa shape index (κ1) is 12.9. The van der Waals surface area contributed by atoms with Crippen molar-refractivity contribution in [3.8, 4) is 5.88 Å². The van der Waals surface area contributed by atoms with Crippen LogP contribution in [0.5, 0.6) is 5.88 Å². The minimum atomic E-state index is 0.117. The molecule has 0 aliphatic carbocycles. The lowest BCUT2D eigenvalue weighted by Crippen LogP contribution is -2.37. The molecule has 1 fully saturated rings. The summed E-state index contributed by atoms with van der Waals surface area (Å²) in [5, 5.41) is 0. The first-order chi connectivity index (χ1) is 8.74. The van der Waals surface area contributed by atoms with E-state index in [-0.39, 0.29) is 11.9 Å². The third kappa shape index (κ3) is 2.63. The Morgan fingerprint density at radius 3 is 3.11 bits per heavy atom. The van der Waals surface area contributed by atoms with Crippen LogP contribution in [0.15, 0.2) is 18.3 Å². The topological polar surface area (TPSA) is 42.4 Å². The quantitative estimate of drug-likeness (QED) is 0.825. The van der Waals surface area contributed by atoms with Crippen LogP contribution in [0.4, 0.5) is 0 Å². The van der Waals surface area contributed by atoms with E-state index in [1.165, 1.54) is 0 Å². The van der Waals surface area contributed by atoms with E-state index < -0.39 is 0 Å². The molecule has 0 bridgehead atoms. The molecule has 18 heavy (non-hydrogen) atoms. The van der Waals surface area contributed by atoms with E-state index in [2.05, 4.69) is 4.98 Å². The second-order valence-electron chi connectivity index (χ2n) is 4.55. The van der Waals surface area contributed by atoms with Crippen LogP contribution in [0.25, 0.3) is 0 Å². The van der Waals surface area contributed by atoms with Gasteiger partial charge in [0.1, 0.15) is 0 Å². The summed E-state index contributed by atoms with van der Waals surface area (Å²) in [7, 11) is 0. The van der Waals surface area contributed by atoms with E-state index in [0.29, 0.717) is 12.5 Å². The molecule has 1 saturated heterocycles. The number of carbonyl (C=O) groups is 1. The van der Waals surface area contributed by atoms with Crippen molar-refractivity contribution in [2.75, 3.05) is 13.2 Å². The molecule has 1 amide bonds. The zero-order chi connectivity index (χ0) is 13.0. The normalized spacial score (nSPS) is 19.7. The molecule has 1 atom stereocenters. The van der Waals surface area contributed by atoms with Crippen LogP contribution in [0.3, 0.4) is 0 Å². The van der Waals surface area contributed by atoms with Crippen molar-refractivity contribution in [3.63, 3.8) is 0 Å². The number of rotatable bonds is 3. The molecule has 0 spiro atoms. The second-order valence-corrected chi connectivity index (χ2v) is 4.55. The van der Waals surface area contributed by atoms with Gasteiger partial charge in [0.2, 0.25) is 11.8 Å². The summed E-state index contributed by atoms with van der Waals surface area (Å²) in [6.45, 7) is 5.01. The molecule has 1 aliphatic heterocycles. The predicted molar refractivity (Wildman–Crippen MR) is 69.4 cm³/mol. The highest BCUT2D eigenvalue weighted by molar-refractivity contribution is 5.74. The number of carbonyl (C=O) groups excluding carboxylic acids is 1. The van der Waals surface area contributed by atoms with E-state index in [4.69, 9.17) is 4.74 Å². The number of pyridine rings is 1. The summed E-state index contributed by atoms with van der Waals surface area (Å²) in [5.74, 6) is 0.796. The molecule has 4 nitrogen and oxygen atoms in total. The molecule has 1 aliphatic rings. The van der Waals surface area contributed by atoms with E-state index in [1.54, 1.807) is 13.1 Å². The predicted octanol–water partition coefficient (Wildman–Crippen LogP) is 2.55. The highest BCUT2D eigenvalue weighted by atomic mass is 16.5. The Kier molecular flexibility index (Phi) is 4.18. The minimum absolute atomic E-state index is 0.117. The summed E-state index contributed by atoms with van der Waals surface area (Å²) in [6, 6.07) is 4.04. The molecule has 0 N–H and O–H groups in total. The van der Waals surface area contributed by atoms with E-state index in [1.807, 2.05) is 24.0 Å².